The number of ether oxygens (including phenoxy) is 3. The summed E-state index contributed by atoms with van der Waals surface area (Å²) in [5.41, 5.74) is -1.56. The average Bonchev–Trinajstić information content (AvgIpc) is 2.95. The molecule has 0 atom stereocenters. The van der Waals surface area contributed by atoms with Crippen LogP contribution in [0.25, 0.3) is 0 Å². The van der Waals surface area contributed by atoms with Crippen LogP contribution in [-0.2, 0) is 27.5 Å². The molecular formula is C18H23F3O4. The number of hydrogen-bond acceptors (Lipinski definition) is 4. The molecule has 140 valence electrons. The normalized spacial score (nSPS) is 18.1. The fraction of sp³-hybridized carbons (Fsp3) is 0.611. The van der Waals surface area contributed by atoms with Crippen LogP contribution in [0.3, 0.4) is 0 Å². The molecule has 0 aliphatic heterocycles. The summed E-state index contributed by atoms with van der Waals surface area (Å²) in [6.07, 6.45) is 0. The van der Waals surface area contributed by atoms with Crippen LogP contribution in [0, 0.1) is 34.2 Å². The minimum Gasteiger partial charge on any atom is -0.493 e. The second kappa shape index (κ2) is 6.52. The van der Waals surface area contributed by atoms with Gasteiger partial charge in [0.1, 0.15) is 6.61 Å². The summed E-state index contributed by atoms with van der Waals surface area (Å²) in [4.78, 5) is 12.3. The lowest BCUT2D eigenvalue weighted by Crippen LogP contribution is -2.15. The van der Waals surface area contributed by atoms with Crippen LogP contribution in [0.2, 0.25) is 0 Å². The van der Waals surface area contributed by atoms with Crippen LogP contribution in [-0.4, -0.2) is 20.2 Å². The Bertz CT molecular complexity index is 684. The Morgan fingerprint density at radius 3 is 1.88 bits per heavy atom. The van der Waals surface area contributed by atoms with E-state index in [9.17, 15) is 18.0 Å². The average molecular weight is 360 g/mol. The molecule has 0 spiro atoms. The Labute approximate surface area is 145 Å². The first kappa shape index (κ1) is 19.6. The van der Waals surface area contributed by atoms with E-state index in [0.29, 0.717) is 0 Å². The third kappa shape index (κ3) is 2.99. The summed E-state index contributed by atoms with van der Waals surface area (Å²) in [5, 5.41) is 0. The number of hydrogen-bond donors (Lipinski definition) is 0. The number of benzene rings is 1. The first-order chi connectivity index (χ1) is 11.5. The van der Waals surface area contributed by atoms with Crippen molar-refractivity contribution in [3.63, 3.8) is 0 Å². The second-order valence-corrected chi connectivity index (χ2v) is 7.35. The van der Waals surface area contributed by atoms with Crippen LogP contribution >= 0.6 is 0 Å². The van der Waals surface area contributed by atoms with Gasteiger partial charge in [-0.05, 0) is 10.8 Å². The molecule has 7 heteroatoms. The standard InChI is InChI=1S/C18H23F3O4/c1-17(2)15(18(17,3)4)16(22)25-8-10-12(20)11(19)9(7-23-5)13(21)14(10)24-6/h15H,7-8H2,1-6H3. The van der Waals surface area contributed by atoms with Crippen LogP contribution in [0.4, 0.5) is 13.2 Å². The smallest absolute Gasteiger partial charge is 0.310 e. The maximum absolute atomic E-state index is 14.4. The number of halogens is 3. The predicted molar refractivity (Wildman–Crippen MR) is 84.4 cm³/mol. The molecule has 1 aromatic carbocycles. The predicted octanol–water partition coefficient (Wildman–Crippen LogP) is 3.98. The van der Waals surface area contributed by atoms with Crippen molar-refractivity contribution in [3.05, 3.63) is 28.6 Å². The molecule has 0 saturated heterocycles. The van der Waals surface area contributed by atoms with Crippen molar-refractivity contribution in [3.8, 4) is 5.75 Å². The molecule has 1 aliphatic carbocycles. The zero-order chi connectivity index (χ0) is 19.2. The second-order valence-electron chi connectivity index (χ2n) is 7.35. The first-order valence-corrected chi connectivity index (χ1v) is 7.90. The van der Waals surface area contributed by atoms with E-state index in [1.165, 1.54) is 7.11 Å². The quantitative estimate of drug-likeness (QED) is 0.569. The van der Waals surface area contributed by atoms with Crippen LogP contribution < -0.4 is 4.74 Å². The van der Waals surface area contributed by atoms with Crippen LogP contribution in [0.1, 0.15) is 38.8 Å². The lowest BCUT2D eigenvalue weighted by Gasteiger charge is -2.15. The molecule has 1 fully saturated rings. The van der Waals surface area contributed by atoms with Crippen molar-refractivity contribution in [1.82, 2.24) is 0 Å². The summed E-state index contributed by atoms with van der Waals surface area (Å²) in [6.45, 7) is 6.66. The van der Waals surface area contributed by atoms with E-state index in [4.69, 9.17) is 9.47 Å². The summed E-state index contributed by atoms with van der Waals surface area (Å²) >= 11 is 0. The SMILES string of the molecule is COCc1c(F)c(F)c(COC(=O)C2C(C)(C)C2(C)C)c(OC)c1F. The minimum atomic E-state index is -1.38. The van der Waals surface area contributed by atoms with Gasteiger partial charge in [0.2, 0.25) is 0 Å². The van der Waals surface area contributed by atoms with E-state index < -0.39 is 53.5 Å². The first-order valence-electron chi connectivity index (χ1n) is 7.90. The molecule has 1 saturated carbocycles. The highest BCUT2D eigenvalue weighted by Gasteiger charge is 2.69. The topological polar surface area (TPSA) is 44.8 Å². The molecule has 25 heavy (non-hydrogen) atoms. The highest BCUT2D eigenvalue weighted by Crippen LogP contribution is 2.68. The van der Waals surface area contributed by atoms with Gasteiger partial charge >= 0.3 is 5.97 Å². The number of esters is 1. The van der Waals surface area contributed by atoms with Crippen molar-refractivity contribution in [2.45, 2.75) is 40.9 Å². The summed E-state index contributed by atoms with van der Waals surface area (Å²) in [5.74, 6) is -5.14. The van der Waals surface area contributed by atoms with E-state index in [2.05, 4.69) is 4.74 Å². The highest BCUT2D eigenvalue weighted by atomic mass is 19.2. The molecule has 2 rings (SSSR count). The minimum absolute atomic E-state index is 0.258. The monoisotopic (exact) mass is 360 g/mol. The Balaban J connectivity index is 2.27. The molecule has 0 radical (unpaired) electrons. The third-order valence-corrected chi connectivity index (χ3v) is 5.57. The Hall–Kier alpha value is -1.76. The third-order valence-electron chi connectivity index (χ3n) is 5.57. The van der Waals surface area contributed by atoms with Gasteiger partial charge in [0, 0.05) is 7.11 Å². The fourth-order valence-electron chi connectivity index (χ4n) is 3.36. The molecule has 0 heterocycles. The van der Waals surface area contributed by atoms with E-state index in [1.54, 1.807) is 0 Å². The van der Waals surface area contributed by atoms with Crippen molar-refractivity contribution in [1.29, 1.82) is 0 Å². The summed E-state index contributed by atoms with van der Waals surface area (Å²) in [6, 6.07) is 0. The number of rotatable bonds is 6. The molecule has 4 nitrogen and oxygen atoms in total. The number of carbonyl (C=O) groups excluding carboxylic acids is 1. The molecule has 0 N–H and O–H groups in total. The van der Waals surface area contributed by atoms with Gasteiger partial charge in [-0.3, -0.25) is 4.79 Å². The van der Waals surface area contributed by atoms with Gasteiger partial charge in [-0.1, -0.05) is 27.7 Å². The van der Waals surface area contributed by atoms with Crippen molar-refractivity contribution < 1.29 is 32.2 Å². The largest absolute Gasteiger partial charge is 0.493 e. The van der Waals surface area contributed by atoms with Gasteiger partial charge in [0.05, 0.1) is 30.8 Å². The zero-order valence-corrected chi connectivity index (χ0v) is 15.3. The van der Waals surface area contributed by atoms with E-state index in [1.807, 2.05) is 27.7 Å². The van der Waals surface area contributed by atoms with Gasteiger partial charge in [-0.2, -0.15) is 0 Å². The van der Waals surface area contributed by atoms with Crippen molar-refractivity contribution in [2.24, 2.45) is 16.7 Å². The molecule has 0 aromatic heterocycles. The lowest BCUT2D eigenvalue weighted by atomic mass is 10.0. The van der Waals surface area contributed by atoms with Crippen LogP contribution in [0.15, 0.2) is 0 Å². The maximum atomic E-state index is 14.4. The Kier molecular flexibility index (Phi) is 5.10. The number of methoxy groups -OCH3 is 2. The molecule has 0 unspecified atom stereocenters. The van der Waals surface area contributed by atoms with Crippen molar-refractivity contribution >= 4 is 5.97 Å². The maximum Gasteiger partial charge on any atom is 0.310 e. The Morgan fingerprint density at radius 2 is 1.44 bits per heavy atom. The van der Waals surface area contributed by atoms with Gasteiger partial charge < -0.3 is 14.2 Å². The summed E-state index contributed by atoms with van der Waals surface area (Å²) < 4.78 is 57.4. The van der Waals surface area contributed by atoms with Gasteiger partial charge in [0.25, 0.3) is 0 Å². The molecule has 0 amide bonds. The molecular weight excluding hydrogens is 337 g/mol. The molecule has 1 aliphatic rings. The zero-order valence-electron chi connectivity index (χ0n) is 15.3. The lowest BCUT2D eigenvalue weighted by molar-refractivity contribution is -0.148. The Morgan fingerprint density at radius 1 is 0.920 bits per heavy atom. The van der Waals surface area contributed by atoms with Crippen molar-refractivity contribution in [2.75, 3.05) is 14.2 Å². The highest BCUT2D eigenvalue weighted by molar-refractivity contribution is 5.78. The van der Waals surface area contributed by atoms with Gasteiger partial charge in [-0.15, -0.1) is 0 Å². The number of carbonyl (C=O) groups is 1. The van der Waals surface area contributed by atoms with E-state index in [0.717, 1.165) is 7.11 Å². The molecule has 0 bridgehead atoms. The van der Waals surface area contributed by atoms with Gasteiger partial charge in [-0.25, -0.2) is 13.2 Å². The fourth-order valence-corrected chi connectivity index (χ4v) is 3.36. The van der Waals surface area contributed by atoms with Gasteiger partial charge in [0.15, 0.2) is 23.2 Å². The molecule has 1 aromatic rings. The van der Waals surface area contributed by atoms with E-state index in [-0.39, 0.29) is 16.7 Å². The van der Waals surface area contributed by atoms with Crippen LogP contribution in [0.5, 0.6) is 5.75 Å². The summed E-state index contributed by atoms with van der Waals surface area (Å²) in [7, 11) is 2.36. The van der Waals surface area contributed by atoms with E-state index >= 15 is 0 Å².